The standard InChI is InChI=1S/C45H58IO6P/c1-41(2,3)30-22-28(23-31(37(30)48-15)42(4,5)6)53(47,29-24-32(43(7,8)9)38(49-16)33(25-29)44(10,11)12)35-26-34(50-27-20-18-17-19-21-27)39-40(36(35)46)52-45(13,14)51-39/h17-26H,1-16H3. The van der Waals surface area contributed by atoms with Crippen LogP contribution in [0.3, 0.4) is 0 Å². The maximum Gasteiger partial charge on any atom is 0.246 e. The van der Waals surface area contributed by atoms with Crippen LogP contribution in [-0.4, -0.2) is 20.0 Å². The van der Waals surface area contributed by atoms with Gasteiger partial charge in [-0.15, -0.1) is 0 Å². The molecule has 4 aromatic rings. The van der Waals surface area contributed by atoms with Gasteiger partial charge in [0.1, 0.15) is 17.2 Å². The van der Waals surface area contributed by atoms with Crippen molar-refractivity contribution in [2.24, 2.45) is 0 Å². The van der Waals surface area contributed by atoms with E-state index in [1.54, 1.807) is 14.2 Å². The molecule has 0 amide bonds. The van der Waals surface area contributed by atoms with Crippen molar-refractivity contribution in [2.45, 2.75) is 124 Å². The van der Waals surface area contributed by atoms with Gasteiger partial charge in [0, 0.05) is 52.0 Å². The number of para-hydroxylation sites is 1. The third kappa shape index (κ3) is 7.85. The molecule has 0 atom stereocenters. The minimum Gasteiger partial charge on any atom is -0.496 e. The van der Waals surface area contributed by atoms with Gasteiger partial charge in [-0.3, -0.25) is 0 Å². The second-order valence-electron chi connectivity index (χ2n) is 18.6. The van der Waals surface area contributed by atoms with Crippen molar-refractivity contribution in [1.29, 1.82) is 0 Å². The number of halogens is 1. The quantitative estimate of drug-likeness (QED) is 0.136. The highest BCUT2D eigenvalue weighted by Crippen LogP contribution is 2.56. The Morgan fingerprint density at radius 3 is 1.34 bits per heavy atom. The summed E-state index contributed by atoms with van der Waals surface area (Å²) in [6.45, 7) is 29.8. The summed E-state index contributed by atoms with van der Waals surface area (Å²) in [7, 11) is -0.349. The molecule has 0 N–H and O–H groups in total. The summed E-state index contributed by atoms with van der Waals surface area (Å²) >= 11 is 2.30. The van der Waals surface area contributed by atoms with Crippen molar-refractivity contribution >= 4 is 45.6 Å². The monoisotopic (exact) mass is 852 g/mol. The second kappa shape index (κ2) is 13.8. The van der Waals surface area contributed by atoms with Gasteiger partial charge in [-0.1, -0.05) is 101 Å². The summed E-state index contributed by atoms with van der Waals surface area (Å²) in [6, 6.07) is 19.9. The molecular weight excluding hydrogens is 794 g/mol. The smallest absolute Gasteiger partial charge is 0.246 e. The van der Waals surface area contributed by atoms with Crippen molar-refractivity contribution in [1.82, 2.24) is 0 Å². The molecule has 0 aromatic heterocycles. The highest BCUT2D eigenvalue weighted by Gasteiger charge is 2.44. The van der Waals surface area contributed by atoms with Gasteiger partial charge in [-0.25, -0.2) is 0 Å². The summed E-state index contributed by atoms with van der Waals surface area (Å²) in [5, 5.41) is 2.03. The van der Waals surface area contributed by atoms with Crippen LogP contribution in [0.4, 0.5) is 0 Å². The van der Waals surface area contributed by atoms with E-state index in [0.29, 0.717) is 42.5 Å². The molecule has 0 aliphatic carbocycles. The average molecular weight is 853 g/mol. The molecule has 0 saturated carbocycles. The fourth-order valence-corrected chi connectivity index (χ4v) is 11.2. The molecular formula is C45H58IO6P. The number of hydrogen-bond acceptors (Lipinski definition) is 6. The van der Waals surface area contributed by atoms with Gasteiger partial charge < -0.3 is 28.2 Å². The number of ether oxygens (including phenoxy) is 5. The van der Waals surface area contributed by atoms with E-state index >= 15 is 4.57 Å². The Bertz CT molecular complexity index is 1910. The first-order valence-electron chi connectivity index (χ1n) is 18.3. The number of hydrogen-bond donors (Lipinski definition) is 0. The van der Waals surface area contributed by atoms with Crippen LogP contribution >= 0.6 is 29.7 Å². The molecule has 5 rings (SSSR count). The third-order valence-electron chi connectivity index (χ3n) is 9.64. The predicted molar refractivity (Wildman–Crippen MR) is 228 cm³/mol. The van der Waals surface area contributed by atoms with E-state index in [4.69, 9.17) is 23.7 Å². The lowest BCUT2D eigenvalue weighted by Gasteiger charge is -2.34. The largest absolute Gasteiger partial charge is 0.496 e. The SMILES string of the molecule is COc1c(C(C)(C)C)cc(P(=O)(c2cc(C(C)(C)C)c(OC)c(C(C)(C)C)c2)c2cc(Oc3ccccc3)c3c(c2I)OC(C)(C)O3)cc1C(C)(C)C. The fourth-order valence-electron chi connectivity index (χ4n) is 6.89. The first-order chi connectivity index (χ1) is 24.2. The van der Waals surface area contributed by atoms with Gasteiger partial charge in [0.2, 0.25) is 11.5 Å². The maximum atomic E-state index is 17.3. The molecule has 8 heteroatoms. The van der Waals surface area contributed by atoms with Gasteiger partial charge >= 0.3 is 0 Å². The Labute approximate surface area is 331 Å². The normalized spacial score (nSPS) is 14.7. The van der Waals surface area contributed by atoms with Gasteiger partial charge in [-0.2, -0.15) is 0 Å². The molecule has 0 unspecified atom stereocenters. The Kier molecular flexibility index (Phi) is 10.7. The van der Waals surface area contributed by atoms with Crippen molar-refractivity contribution in [3.63, 3.8) is 0 Å². The molecule has 1 aliphatic heterocycles. The second-order valence-corrected chi connectivity index (χ2v) is 22.5. The van der Waals surface area contributed by atoms with Gasteiger partial charge in [0.25, 0.3) is 0 Å². The summed E-state index contributed by atoms with van der Waals surface area (Å²) in [4.78, 5) is 0. The molecule has 1 heterocycles. The van der Waals surface area contributed by atoms with E-state index in [0.717, 1.165) is 33.8 Å². The number of fused-ring (bicyclic) bond motifs is 1. The molecule has 0 radical (unpaired) electrons. The van der Waals surface area contributed by atoms with Crippen molar-refractivity contribution in [3.8, 4) is 34.5 Å². The zero-order valence-electron chi connectivity index (χ0n) is 34.5. The molecule has 0 fully saturated rings. The van der Waals surface area contributed by atoms with E-state index in [1.807, 2.05) is 50.2 Å². The van der Waals surface area contributed by atoms with Crippen LogP contribution in [0.1, 0.15) is 119 Å². The fraction of sp³-hybridized carbons (Fsp3) is 0.467. The molecule has 0 spiro atoms. The molecule has 4 aromatic carbocycles. The topological polar surface area (TPSA) is 63.2 Å². The van der Waals surface area contributed by atoms with Gasteiger partial charge in [0.05, 0.1) is 17.8 Å². The molecule has 0 saturated heterocycles. The lowest BCUT2D eigenvalue weighted by Crippen LogP contribution is -2.32. The van der Waals surface area contributed by atoms with Gasteiger partial charge in [0.15, 0.2) is 18.6 Å². The third-order valence-corrected chi connectivity index (χ3v) is 14.1. The lowest BCUT2D eigenvalue weighted by atomic mass is 9.79. The minimum atomic E-state index is -3.80. The van der Waals surface area contributed by atoms with E-state index in [-0.39, 0.29) is 21.7 Å². The Morgan fingerprint density at radius 1 is 0.604 bits per heavy atom. The number of rotatable bonds is 7. The van der Waals surface area contributed by atoms with Crippen molar-refractivity contribution < 1.29 is 28.2 Å². The van der Waals surface area contributed by atoms with E-state index in [1.165, 1.54) is 0 Å². The van der Waals surface area contributed by atoms with E-state index in [9.17, 15) is 0 Å². The molecule has 286 valence electrons. The van der Waals surface area contributed by atoms with Crippen LogP contribution in [0.15, 0.2) is 60.7 Å². The highest BCUT2D eigenvalue weighted by molar-refractivity contribution is 14.1. The summed E-state index contributed by atoms with van der Waals surface area (Å²) in [5.41, 5.74) is 2.64. The van der Waals surface area contributed by atoms with Crippen LogP contribution in [0.25, 0.3) is 0 Å². The van der Waals surface area contributed by atoms with Crippen molar-refractivity contribution in [3.05, 3.63) is 86.5 Å². The molecule has 6 nitrogen and oxygen atoms in total. The highest BCUT2D eigenvalue weighted by atomic mass is 127. The number of benzene rings is 4. The Hall–Kier alpha value is -3.16. The minimum absolute atomic E-state index is 0.327. The first kappa shape index (κ1) is 41.0. The molecule has 53 heavy (non-hydrogen) atoms. The Morgan fingerprint density at radius 2 is 0.981 bits per heavy atom. The summed E-state index contributed by atoms with van der Waals surface area (Å²) in [6.07, 6.45) is 0. The van der Waals surface area contributed by atoms with Crippen molar-refractivity contribution in [2.75, 3.05) is 14.2 Å². The van der Waals surface area contributed by atoms with E-state index < -0.39 is 12.9 Å². The van der Waals surface area contributed by atoms with Crippen LogP contribution in [0.5, 0.6) is 34.5 Å². The van der Waals surface area contributed by atoms with Gasteiger partial charge in [-0.05, 0) is 86.7 Å². The summed E-state index contributed by atoms with van der Waals surface area (Å²) < 4.78 is 49.9. The number of methoxy groups -OCH3 is 2. The zero-order chi connectivity index (χ0) is 39.7. The van der Waals surface area contributed by atoms with Crippen LogP contribution in [0, 0.1) is 3.57 Å². The predicted octanol–water partition coefficient (Wildman–Crippen LogP) is 11.4. The van der Waals surface area contributed by atoms with E-state index in [2.05, 4.69) is 130 Å². The average Bonchev–Trinajstić information content (AvgIpc) is 3.39. The Balaban J connectivity index is 2.04. The molecule has 1 aliphatic rings. The zero-order valence-corrected chi connectivity index (χ0v) is 37.6. The summed E-state index contributed by atoms with van der Waals surface area (Å²) in [5.74, 6) is 2.74. The first-order valence-corrected chi connectivity index (χ1v) is 21.1. The molecule has 0 bridgehead atoms. The lowest BCUT2D eigenvalue weighted by molar-refractivity contribution is -0.0441. The van der Waals surface area contributed by atoms with Crippen LogP contribution in [0.2, 0.25) is 0 Å². The van der Waals surface area contributed by atoms with Crippen LogP contribution in [-0.2, 0) is 26.2 Å². The maximum absolute atomic E-state index is 17.3. The van der Waals surface area contributed by atoms with Crippen LogP contribution < -0.4 is 39.6 Å².